The number of carbonyl (C=O) groups excluding carboxylic acids is 2. The number of nitrogens with one attached hydrogen (secondary N) is 1. The van der Waals surface area contributed by atoms with Crippen molar-refractivity contribution in [3.8, 4) is 5.88 Å². The predicted molar refractivity (Wildman–Crippen MR) is 107 cm³/mol. The first-order chi connectivity index (χ1) is 14.2. The van der Waals surface area contributed by atoms with Gasteiger partial charge in [-0.25, -0.2) is 13.8 Å². The molecule has 0 aliphatic carbocycles. The molecule has 2 heterocycles. The number of rotatable bonds is 10. The third-order valence-corrected chi connectivity index (χ3v) is 4.04. The Morgan fingerprint density at radius 1 is 1.23 bits per heavy atom. The SMILES string of the molecule is CC(C)C(=O)N(CCNC(=O)c1cccnc1)Cc1ccc(OCC(C)(F)F)nc1. The van der Waals surface area contributed by atoms with E-state index in [9.17, 15) is 18.4 Å². The van der Waals surface area contributed by atoms with Crippen LogP contribution in [0.5, 0.6) is 5.88 Å². The first-order valence-corrected chi connectivity index (χ1v) is 9.58. The summed E-state index contributed by atoms with van der Waals surface area (Å²) in [6.45, 7) is 4.46. The van der Waals surface area contributed by atoms with E-state index in [1.54, 1.807) is 43.1 Å². The second-order valence-electron chi connectivity index (χ2n) is 7.28. The Bertz CT molecular complexity index is 824. The van der Waals surface area contributed by atoms with Crippen LogP contribution in [0.15, 0.2) is 42.9 Å². The number of pyridine rings is 2. The summed E-state index contributed by atoms with van der Waals surface area (Å²) in [6, 6.07) is 6.49. The lowest BCUT2D eigenvalue weighted by molar-refractivity contribution is -0.135. The van der Waals surface area contributed by atoms with Crippen molar-refractivity contribution in [2.24, 2.45) is 5.92 Å². The van der Waals surface area contributed by atoms with Gasteiger partial charge in [0.25, 0.3) is 11.8 Å². The molecule has 2 aromatic rings. The quantitative estimate of drug-likeness (QED) is 0.639. The molecular formula is C21H26F2N4O3. The van der Waals surface area contributed by atoms with Gasteiger partial charge in [0.2, 0.25) is 11.8 Å². The highest BCUT2D eigenvalue weighted by Crippen LogP contribution is 2.16. The van der Waals surface area contributed by atoms with E-state index in [0.717, 1.165) is 12.5 Å². The van der Waals surface area contributed by atoms with Crippen molar-refractivity contribution in [1.29, 1.82) is 0 Å². The zero-order valence-electron chi connectivity index (χ0n) is 17.3. The molecule has 0 saturated heterocycles. The molecule has 0 fully saturated rings. The Labute approximate surface area is 174 Å². The second kappa shape index (κ2) is 10.6. The van der Waals surface area contributed by atoms with E-state index in [1.165, 1.54) is 18.5 Å². The van der Waals surface area contributed by atoms with Gasteiger partial charge in [-0.3, -0.25) is 14.6 Å². The number of nitrogens with zero attached hydrogens (tertiary/aromatic N) is 3. The summed E-state index contributed by atoms with van der Waals surface area (Å²) in [5.41, 5.74) is 1.16. The Balaban J connectivity index is 1.94. The van der Waals surface area contributed by atoms with Crippen molar-refractivity contribution in [2.75, 3.05) is 19.7 Å². The van der Waals surface area contributed by atoms with Crippen LogP contribution in [-0.2, 0) is 11.3 Å². The van der Waals surface area contributed by atoms with Crippen LogP contribution in [0.25, 0.3) is 0 Å². The minimum atomic E-state index is -2.94. The van der Waals surface area contributed by atoms with Crippen LogP contribution in [0.3, 0.4) is 0 Å². The summed E-state index contributed by atoms with van der Waals surface area (Å²) in [5.74, 6) is -3.42. The third-order valence-electron chi connectivity index (χ3n) is 4.04. The average molecular weight is 420 g/mol. The molecule has 0 aliphatic rings. The molecule has 2 rings (SSSR count). The number of aromatic nitrogens is 2. The largest absolute Gasteiger partial charge is 0.471 e. The smallest absolute Gasteiger partial charge is 0.278 e. The number of halogens is 2. The van der Waals surface area contributed by atoms with Gasteiger partial charge >= 0.3 is 0 Å². The molecule has 0 spiro atoms. The zero-order valence-corrected chi connectivity index (χ0v) is 17.3. The van der Waals surface area contributed by atoms with Crippen LogP contribution in [-0.4, -0.2) is 52.3 Å². The summed E-state index contributed by atoms with van der Waals surface area (Å²) in [7, 11) is 0. The van der Waals surface area contributed by atoms with E-state index in [4.69, 9.17) is 4.74 Å². The second-order valence-corrected chi connectivity index (χ2v) is 7.28. The van der Waals surface area contributed by atoms with Crippen LogP contribution in [0.1, 0.15) is 36.7 Å². The number of alkyl halides is 2. The van der Waals surface area contributed by atoms with Crippen molar-refractivity contribution in [3.05, 3.63) is 54.0 Å². The predicted octanol–water partition coefficient (Wildman–Crippen LogP) is 2.93. The molecular weight excluding hydrogens is 394 g/mol. The van der Waals surface area contributed by atoms with Crippen molar-refractivity contribution < 1.29 is 23.1 Å². The molecule has 0 atom stereocenters. The van der Waals surface area contributed by atoms with Crippen LogP contribution >= 0.6 is 0 Å². The fourth-order valence-corrected chi connectivity index (χ4v) is 2.55. The zero-order chi connectivity index (χ0) is 22.1. The first kappa shape index (κ1) is 23.2. The van der Waals surface area contributed by atoms with Gasteiger partial charge in [-0.15, -0.1) is 0 Å². The normalized spacial score (nSPS) is 11.3. The summed E-state index contributed by atoms with van der Waals surface area (Å²) in [5, 5.41) is 2.77. The molecule has 0 unspecified atom stereocenters. The maximum absolute atomic E-state index is 12.9. The summed E-state index contributed by atoms with van der Waals surface area (Å²) in [6.07, 6.45) is 4.53. The highest BCUT2D eigenvalue weighted by molar-refractivity contribution is 5.93. The van der Waals surface area contributed by atoms with E-state index < -0.39 is 12.5 Å². The number of hydrogen-bond donors (Lipinski definition) is 1. The van der Waals surface area contributed by atoms with Gasteiger partial charge in [-0.1, -0.05) is 19.9 Å². The van der Waals surface area contributed by atoms with E-state index in [-0.39, 0.29) is 36.7 Å². The Kier molecular flexibility index (Phi) is 8.20. The molecule has 0 radical (unpaired) electrons. The molecule has 0 aliphatic heterocycles. The topological polar surface area (TPSA) is 84.4 Å². The molecule has 0 aromatic carbocycles. The van der Waals surface area contributed by atoms with Gasteiger partial charge in [-0.05, 0) is 17.7 Å². The van der Waals surface area contributed by atoms with Gasteiger partial charge in [-0.2, -0.15) is 0 Å². The monoisotopic (exact) mass is 420 g/mol. The third kappa shape index (κ3) is 7.73. The van der Waals surface area contributed by atoms with Crippen LogP contribution < -0.4 is 10.1 Å². The maximum Gasteiger partial charge on any atom is 0.278 e. The molecule has 0 saturated carbocycles. The standard InChI is InChI=1S/C21H26F2N4O3/c1-15(2)20(29)27(10-9-25-19(28)17-5-4-8-24-12-17)13-16-6-7-18(26-11-16)30-14-21(3,22)23/h4-8,11-12,15H,9-10,13-14H2,1-3H3,(H,25,28). The molecule has 2 amide bonds. The van der Waals surface area contributed by atoms with Crippen LogP contribution in [0, 0.1) is 5.92 Å². The Morgan fingerprint density at radius 2 is 2.00 bits per heavy atom. The van der Waals surface area contributed by atoms with E-state index in [1.807, 2.05) is 0 Å². The highest BCUT2D eigenvalue weighted by atomic mass is 19.3. The number of carbonyl (C=O) groups is 2. The minimum absolute atomic E-state index is 0.0726. The van der Waals surface area contributed by atoms with E-state index in [2.05, 4.69) is 15.3 Å². The Morgan fingerprint density at radius 3 is 2.57 bits per heavy atom. The van der Waals surface area contributed by atoms with Gasteiger partial charge in [0, 0.05) is 57.1 Å². The number of amides is 2. The highest BCUT2D eigenvalue weighted by Gasteiger charge is 2.22. The van der Waals surface area contributed by atoms with Crippen molar-refractivity contribution in [2.45, 2.75) is 33.2 Å². The Hall–Kier alpha value is -3.10. The van der Waals surface area contributed by atoms with Crippen molar-refractivity contribution in [1.82, 2.24) is 20.2 Å². The first-order valence-electron chi connectivity index (χ1n) is 9.58. The van der Waals surface area contributed by atoms with E-state index in [0.29, 0.717) is 12.1 Å². The minimum Gasteiger partial charge on any atom is -0.471 e. The van der Waals surface area contributed by atoms with Gasteiger partial charge in [0.15, 0.2) is 6.61 Å². The molecule has 1 N–H and O–H groups in total. The molecule has 2 aromatic heterocycles. The molecule has 9 heteroatoms. The number of hydrogen-bond acceptors (Lipinski definition) is 5. The van der Waals surface area contributed by atoms with Crippen LogP contribution in [0.2, 0.25) is 0 Å². The lowest BCUT2D eigenvalue weighted by Gasteiger charge is -2.25. The molecule has 162 valence electrons. The lowest BCUT2D eigenvalue weighted by atomic mass is 10.1. The molecule has 0 bridgehead atoms. The molecule has 7 nitrogen and oxygen atoms in total. The average Bonchev–Trinajstić information content (AvgIpc) is 2.71. The van der Waals surface area contributed by atoms with E-state index >= 15 is 0 Å². The van der Waals surface area contributed by atoms with Gasteiger partial charge in [0.05, 0.1) is 5.56 Å². The van der Waals surface area contributed by atoms with Gasteiger partial charge in [0.1, 0.15) is 0 Å². The summed E-state index contributed by atoms with van der Waals surface area (Å²) < 4.78 is 30.7. The van der Waals surface area contributed by atoms with Crippen molar-refractivity contribution in [3.63, 3.8) is 0 Å². The van der Waals surface area contributed by atoms with Gasteiger partial charge < -0.3 is 15.0 Å². The van der Waals surface area contributed by atoms with Crippen LogP contribution in [0.4, 0.5) is 8.78 Å². The lowest BCUT2D eigenvalue weighted by Crippen LogP contribution is -2.40. The molecule has 30 heavy (non-hydrogen) atoms. The fraction of sp³-hybridized carbons (Fsp3) is 0.429. The number of ether oxygens (including phenoxy) is 1. The summed E-state index contributed by atoms with van der Waals surface area (Å²) >= 11 is 0. The van der Waals surface area contributed by atoms with Crippen molar-refractivity contribution >= 4 is 11.8 Å². The maximum atomic E-state index is 12.9. The summed E-state index contributed by atoms with van der Waals surface area (Å²) in [4.78, 5) is 34.2. The fourth-order valence-electron chi connectivity index (χ4n) is 2.55.